The fourth-order valence-electron chi connectivity index (χ4n) is 2.31. The monoisotopic (exact) mass is 285 g/mol. The Morgan fingerprint density at radius 1 is 1.42 bits per heavy atom. The zero-order valence-electron chi connectivity index (χ0n) is 10.2. The summed E-state index contributed by atoms with van der Waals surface area (Å²) in [6.45, 7) is 0.579. The quantitative estimate of drug-likeness (QED) is 0.647. The topological polar surface area (TPSA) is 107 Å². The van der Waals surface area contributed by atoms with E-state index < -0.39 is 20.6 Å². The van der Waals surface area contributed by atoms with Gasteiger partial charge in [0.15, 0.2) is 4.90 Å². The van der Waals surface area contributed by atoms with Crippen LogP contribution in [-0.4, -0.2) is 36.8 Å². The number of benzene rings is 1. The van der Waals surface area contributed by atoms with Gasteiger partial charge in [0.05, 0.1) is 4.92 Å². The van der Waals surface area contributed by atoms with Crippen LogP contribution in [0.1, 0.15) is 12.8 Å². The minimum atomic E-state index is -3.86. The molecule has 1 heterocycles. The van der Waals surface area contributed by atoms with Crippen LogP contribution < -0.4 is 5.73 Å². The first-order valence-corrected chi connectivity index (χ1v) is 7.38. The van der Waals surface area contributed by atoms with E-state index in [1.165, 1.54) is 28.6 Å². The Balaban J connectivity index is 2.48. The Hall–Kier alpha value is -1.51. The summed E-state index contributed by atoms with van der Waals surface area (Å²) in [5, 5.41) is 10.9. The lowest BCUT2D eigenvalue weighted by molar-refractivity contribution is -0.387. The van der Waals surface area contributed by atoms with Gasteiger partial charge in [-0.2, -0.15) is 4.31 Å². The molecule has 8 heteroatoms. The third-order valence-corrected chi connectivity index (χ3v) is 5.24. The minimum absolute atomic E-state index is 0.222. The van der Waals surface area contributed by atoms with Crippen LogP contribution in [0.15, 0.2) is 29.2 Å². The van der Waals surface area contributed by atoms with Crippen LogP contribution in [0.3, 0.4) is 0 Å². The molecule has 0 radical (unpaired) electrons. The number of nitro groups is 1. The third-order valence-electron chi connectivity index (χ3n) is 3.24. The summed E-state index contributed by atoms with van der Waals surface area (Å²) < 4.78 is 26.3. The molecular weight excluding hydrogens is 270 g/mol. The van der Waals surface area contributed by atoms with Crippen LogP contribution in [0.4, 0.5) is 5.69 Å². The molecule has 1 aliphatic rings. The molecule has 1 aliphatic heterocycles. The summed E-state index contributed by atoms with van der Waals surface area (Å²) in [4.78, 5) is 9.99. The van der Waals surface area contributed by atoms with Crippen molar-refractivity contribution < 1.29 is 13.3 Å². The van der Waals surface area contributed by atoms with Crippen molar-refractivity contribution in [1.29, 1.82) is 0 Å². The van der Waals surface area contributed by atoms with Crippen molar-refractivity contribution in [2.24, 2.45) is 5.73 Å². The first kappa shape index (κ1) is 13.9. The Kier molecular flexibility index (Phi) is 3.83. The second kappa shape index (κ2) is 5.24. The highest BCUT2D eigenvalue weighted by Crippen LogP contribution is 2.30. The summed E-state index contributed by atoms with van der Waals surface area (Å²) in [6, 6.07) is 5.11. The van der Waals surface area contributed by atoms with Crippen molar-refractivity contribution >= 4 is 15.7 Å². The number of nitrogens with zero attached hydrogens (tertiary/aromatic N) is 2. The molecule has 19 heavy (non-hydrogen) atoms. The number of nitro benzene ring substituents is 1. The second-order valence-electron chi connectivity index (χ2n) is 4.37. The van der Waals surface area contributed by atoms with Gasteiger partial charge in [-0.05, 0) is 18.9 Å². The molecule has 1 aromatic rings. The predicted octanol–water partition coefficient (Wildman–Crippen LogP) is 0.707. The van der Waals surface area contributed by atoms with E-state index in [2.05, 4.69) is 0 Å². The molecule has 1 atom stereocenters. The van der Waals surface area contributed by atoms with Gasteiger partial charge >= 0.3 is 0 Å². The van der Waals surface area contributed by atoms with Gasteiger partial charge in [-0.1, -0.05) is 12.1 Å². The zero-order valence-corrected chi connectivity index (χ0v) is 11.0. The average Bonchev–Trinajstić information content (AvgIpc) is 2.87. The highest BCUT2D eigenvalue weighted by Gasteiger charge is 2.37. The zero-order chi connectivity index (χ0) is 14.0. The van der Waals surface area contributed by atoms with E-state index in [1.54, 1.807) is 0 Å². The molecule has 0 saturated carbocycles. The molecule has 0 aliphatic carbocycles. The summed E-state index contributed by atoms with van der Waals surface area (Å²) in [5.74, 6) is 0. The van der Waals surface area contributed by atoms with E-state index in [9.17, 15) is 18.5 Å². The van der Waals surface area contributed by atoms with E-state index in [4.69, 9.17) is 5.73 Å². The van der Waals surface area contributed by atoms with Crippen LogP contribution in [0, 0.1) is 10.1 Å². The maximum Gasteiger partial charge on any atom is 0.289 e. The Labute approximate surface area is 111 Å². The van der Waals surface area contributed by atoms with Gasteiger partial charge in [0.1, 0.15) is 0 Å². The van der Waals surface area contributed by atoms with Gasteiger partial charge < -0.3 is 5.73 Å². The summed E-state index contributed by atoms with van der Waals surface area (Å²) >= 11 is 0. The molecule has 0 aromatic heterocycles. The third kappa shape index (κ3) is 2.46. The molecule has 1 unspecified atom stereocenters. The number of rotatable bonds is 4. The van der Waals surface area contributed by atoms with Crippen LogP contribution in [0.25, 0.3) is 0 Å². The molecule has 2 N–H and O–H groups in total. The van der Waals surface area contributed by atoms with Crippen molar-refractivity contribution in [1.82, 2.24) is 4.31 Å². The highest BCUT2D eigenvalue weighted by atomic mass is 32.2. The number of nitrogens with two attached hydrogens (primary N) is 1. The van der Waals surface area contributed by atoms with E-state index >= 15 is 0 Å². The van der Waals surface area contributed by atoms with Crippen LogP contribution in [-0.2, 0) is 10.0 Å². The molecule has 104 valence electrons. The standard InChI is InChI=1S/C11H15N3O4S/c12-8-9-4-3-7-13(9)19(17,18)11-6-2-1-5-10(11)14(15)16/h1-2,5-6,9H,3-4,7-8,12H2. The van der Waals surface area contributed by atoms with Crippen LogP contribution in [0.5, 0.6) is 0 Å². The lowest BCUT2D eigenvalue weighted by atomic mass is 10.2. The predicted molar refractivity (Wildman–Crippen MR) is 69.1 cm³/mol. The Morgan fingerprint density at radius 2 is 2.11 bits per heavy atom. The fraction of sp³-hybridized carbons (Fsp3) is 0.455. The summed E-state index contributed by atoms with van der Waals surface area (Å²) in [5.41, 5.74) is 5.16. The Bertz CT molecular complexity index is 587. The maximum atomic E-state index is 12.5. The summed E-state index contributed by atoms with van der Waals surface area (Å²) in [6.07, 6.45) is 1.41. The first-order chi connectivity index (χ1) is 8.98. The van der Waals surface area contributed by atoms with Gasteiger partial charge in [0, 0.05) is 25.2 Å². The van der Waals surface area contributed by atoms with Gasteiger partial charge in [-0.15, -0.1) is 0 Å². The highest BCUT2D eigenvalue weighted by molar-refractivity contribution is 7.89. The SMILES string of the molecule is NCC1CCCN1S(=O)(=O)c1ccccc1[N+](=O)[O-]. The second-order valence-corrected chi connectivity index (χ2v) is 6.23. The number of hydrogen-bond donors (Lipinski definition) is 1. The van der Waals surface area contributed by atoms with Crippen LogP contribution >= 0.6 is 0 Å². The molecule has 0 spiro atoms. The number of hydrogen-bond acceptors (Lipinski definition) is 5. The number of para-hydroxylation sites is 1. The van der Waals surface area contributed by atoms with Crippen molar-refractivity contribution in [3.05, 3.63) is 34.4 Å². The van der Waals surface area contributed by atoms with Crippen molar-refractivity contribution in [3.63, 3.8) is 0 Å². The maximum absolute atomic E-state index is 12.5. The Morgan fingerprint density at radius 3 is 2.74 bits per heavy atom. The number of sulfonamides is 1. The van der Waals surface area contributed by atoms with Crippen molar-refractivity contribution in [3.8, 4) is 0 Å². The fourth-order valence-corrected chi connectivity index (χ4v) is 4.18. The van der Waals surface area contributed by atoms with E-state index in [-0.39, 0.29) is 17.5 Å². The first-order valence-electron chi connectivity index (χ1n) is 5.94. The molecule has 1 saturated heterocycles. The largest absolute Gasteiger partial charge is 0.329 e. The lowest BCUT2D eigenvalue weighted by Crippen LogP contribution is -2.40. The molecule has 0 bridgehead atoms. The molecule has 7 nitrogen and oxygen atoms in total. The average molecular weight is 285 g/mol. The van der Waals surface area contributed by atoms with Gasteiger partial charge in [-0.3, -0.25) is 10.1 Å². The van der Waals surface area contributed by atoms with Gasteiger partial charge in [-0.25, -0.2) is 8.42 Å². The molecule has 0 amide bonds. The normalized spacial score (nSPS) is 20.6. The van der Waals surface area contributed by atoms with Crippen molar-refractivity contribution in [2.45, 2.75) is 23.8 Å². The van der Waals surface area contributed by atoms with Crippen LogP contribution in [0.2, 0.25) is 0 Å². The lowest BCUT2D eigenvalue weighted by Gasteiger charge is -2.22. The molecule has 1 fully saturated rings. The smallest absolute Gasteiger partial charge is 0.289 e. The van der Waals surface area contributed by atoms with E-state index in [0.717, 1.165) is 6.42 Å². The molecule has 1 aromatic carbocycles. The van der Waals surface area contributed by atoms with Crippen molar-refractivity contribution in [2.75, 3.05) is 13.1 Å². The molecular formula is C11H15N3O4S. The van der Waals surface area contributed by atoms with Gasteiger partial charge in [0.2, 0.25) is 10.0 Å². The molecule has 2 rings (SSSR count). The summed E-state index contributed by atoms with van der Waals surface area (Å²) in [7, 11) is -3.86. The van der Waals surface area contributed by atoms with E-state index in [1.807, 2.05) is 0 Å². The van der Waals surface area contributed by atoms with Gasteiger partial charge in [0.25, 0.3) is 5.69 Å². The minimum Gasteiger partial charge on any atom is -0.329 e. The van der Waals surface area contributed by atoms with E-state index in [0.29, 0.717) is 13.0 Å².